The first-order chi connectivity index (χ1) is 8.86. The van der Waals surface area contributed by atoms with Crippen molar-refractivity contribution in [1.82, 2.24) is 5.32 Å². The normalized spacial score (nSPS) is 11.8. The minimum Gasteiger partial charge on any atom is -0.479 e. The van der Waals surface area contributed by atoms with E-state index in [0.717, 1.165) is 0 Å². The smallest absolute Gasteiger partial charge is 0.335 e. The van der Waals surface area contributed by atoms with E-state index >= 15 is 0 Å². The molecule has 0 saturated carbocycles. The van der Waals surface area contributed by atoms with Crippen LogP contribution in [0.1, 0.15) is 24.2 Å². The number of nitrogens with one attached hydrogen (secondary N) is 1. The van der Waals surface area contributed by atoms with E-state index in [0.29, 0.717) is 21.2 Å². The summed E-state index contributed by atoms with van der Waals surface area (Å²) in [7, 11) is 0. The molecule has 7 heteroatoms. The standard InChI is InChI=1S/C12H13Br2NO4/c1-3-15-11(16)6(2)19-10-8(13)4-7(12(17)18)5-9(10)14/h4-6H,3H2,1-2H3,(H,15,16)(H,17,18). The van der Waals surface area contributed by atoms with E-state index in [4.69, 9.17) is 9.84 Å². The predicted octanol–water partition coefficient (Wildman–Crippen LogP) is 2.81. The monoisotopic (exact) mass is 393 g/mol. The molecule has 1 unspecified atom stereocenters. The fourth-order valence-corrected chi connectivity index (χ4v) is 2.72. The molecule has 5 nitrogen and oxygen atoms in total. The van der Waals surface area contributed by atoms with Gasteiger partial charge in [-0.1, -0.05) is 0 Å². The first kappa shape index (κ1) is 16.0. The molecule has 104 valence electrons. The van der Waals surface area contributed by atoms with Crippen LogP contribution >= 0.6 is 31.9 Å². The number of hydrogen-bond acceptors (Lipinski definition) is 3. The zero-order valence-electron chi connectivity index (χ0n) is 10.4. The van der Waals surface area contributed by atoms with E-state index in [9.17, 15) is 9.59 Å². The molecule has 0 aliphatic heterocycles. The molecular weight excluding hydrogens is 382 g/mol. The van der Waals surface area contributed by atoms with Crippen molar-refractivity contribution < 1.29 is 19.4 Å². The van der Waals surface area contributed by atoms with Crippen molar-refractivity contribution in [1.29, 1.82) is 0 Å². The zero-order valence-corrected chi connectivity index (χ0v) is 13.5. The number of halogens is 2. The average molecular weight is 395 g/mol. The van der Waals surface area contributed by atoms with Crippen LogP contribution in [0.4, 0.5) is 0 Å². The number of aromatic carboxylic acids is 1. The van der Waals surface area contributed by atoms with Crippen molar-refractivity contribution in [3.05, 3.63) is 26.6 Å². The van der Waals surface area contributed by atoms with Crippen molar-refractivity contribution >= 4 is 43.7 Å². The van der Waals surface area contributed by atoms with Crippen LogP contribution in [-0.4, -0.2) is 29.6 Å². The van der Waals surface area contributed by atoms with Gasteiger partial charge in [0.05, 0.1) is 14.5 Å². The lowest BCUT2D eigenvalue weighted by molar-refractivity contribution is -0.127. The van der Waals surface area contributed by atoms with E-state index in [2.05, 4.69) is 37.2 Å². The number of carboxylic acid groups (broad SMARTS) is 1. The maximum atomic E-state index is 11.6. The molecule has 2 N–H and O–H groups in total. The van der Waals surface area contributed by atoms with Crippen molar-refractivity contribution in [3.63, 3.8) is 0 Å². The van der Waals surface area contributed by atoms with Gasteiger partial charge in [-0.05, 0) is 57.8 Å². The Balaban J connectivity index is 2.96. The van der Waals surface area contributed by atoms with Crippen LogP contribution < -0.4 is 10.1 Å². The summed E-state index contributed by atoms with van der Waals surface area (Å²) in [6, 6.07) is 2.85. The Labute approximate surface area is 127 Å². The summed E-state index contributed by atoms with van der Waals surface area (Å²) in [4.78, 5) is 22.5. The number of carbonyl (C=O) groups is 2. The summed E-state index contributed by atoms with van der Waals surface area (Å²) in [5.41, 5.74) is 0.122. The topological polar surface area (TPSA) is 75.6 Å². The summed E-state index contributed by atoms with van der Waals surface area (Å²) in [6.45, 7) is 3.96. The van der Waals surface area contributed by atoms with Gasteiger partial charge in [0.25, 0.3) is 5.91 Å². The molecule has 1 amide bonds. The number of rotatable bonds is 5. The molecule has 1 aromatic carbocycles. The van der Waals surface area contributed by atoms with Gasteiger partial charge in [0.2, 0.25) is 0 Å². The predicted molar refractivity (Wildman–Crippen MR) is 77.6 cm³/mol. The summed E-state index contributed by atoms with van der Waals surface area (Å²) < 4.78 is 6.46. The average Bonchev–Trinajstić information content (AvgIpc) is 2.33. The minimum atomic E-state index is -1.04. The second kappa shape index (κ2) is 6.91. The van der Waals surface area contributed by atoms with Gasteiger partial charge < -0.3 is 15.2 Å². The van der Waals surface area contributed by atoms with E-state index in [1.807, 2.05) is 6.92 Å². The number of likely N-dealkylation sites (N-methyl/N-ethyl adjacent to an activating group) is 1. The molecule has 0 bridgehead atoms. The van der Waals surface area contributed by atoms with Gasteiger partial charge in [0.15, 0.2) is 6.10 Å². The molecule has 0 heterocycles. The highest BCUT2D eigenvalue weighted by Crippen LogP contribution is 2.35. The minimum absolute atomic E-state index is 0.122. The van der Waals surface area contributed by atoms with Gasteiger partial charge in [0, 0.05) is 6.54 Å². The molecule has 0 saturated heterocycles. The molecular formula is C12H13Br2NO4. The van der Waals surface area contributed by atoms with Crippen LogP contribution in [0.25, 0.3) is 0 Å². The van der Waals surface area contributed by atoms with Crippen LogP contribution in [0.3, 0.4) is 0 Å². The fraction of sp³-hybridized carbons (Fsp3) is 0.333. The number of benzene rings is 1. The number of hydrogen-bond donors (Lipinski definition) is 2. The third-order valence-electron chi connectivity index (χ3n) is 2.26. The van der Waals surface area contributed by atoms with Gasteiger partial charge in [-0.25, -0.2) is 4.79 Å². The first-order valence-electron chi connectivity index (χ1n) is 5.53. The summed E-state index contributed by atoms with van der Waals surface area (Å²) in [5, 5.41) is 11.6. The second-order valence-corrected chi connectivity index (χ2v) is 5.44. The van der Waals surface area contributed by atoms with Gasteiger partial charge in [-0.15, -0.1) is 0 Å². The summed E-state index contributed by atoms with van der Waals surface area (Å²) >= 11 is 6.47. The molecule has 0 fully saturated rings. The Morgan fingerprint density at radius 1 is 1.37 bits per heavy atom. The SMILES string of the molecule is CCNC(=O)C(C)Oc1c(Br)cc(C(=O)O)cc1Br. The van der Waals surface area contributed by atoms with Crippen LogP contribution in [0.5, 0.6) is 5.75 Å². The van der Waals surface area contributed by atoms with E-state index in [1.165, 1.54) is 12.1 Å². The zero-order chi connectivity index (χ0) is 14.6. The lowest BCUT2D eigenvalue weighted by atomic mass is 10.2. The number of amides is 1. The van der Waals surface area contributed by atoms with Crippen molar-refractivity contribution in [3.8, 4) is 5.75 Å². The Morgan fingerprint density at radius 3 is 2.32 bits per heavy atom. The molecule has 0 spiro atoms. The first-order valence-corrected chi connectivity index (χ1v) is 7.12. The van der Waals surface area contributed by atoms with Crippen LogP contribution in [-0.2, 0) is 4.79 Å². The maximum absolute atomic E-state index is 11.6. The molecule has 1 aromatic rings. The molecule has 1 rings (SSSR count). The van der Waals surface area contributed by atoms with Gasteiger partial charge in [-0.3, -0.25) is 4.79 Å². The molecule has 0 aromatic heterocycles. The quantitative estimate of drug-likeness (QED) is 0.805. The van der Waals surface area contributed by atoms with E-state index in [-0.39, 0.29) is 11.5 Å². The maximum Gasteiger partial charge on any atom is 0.335 e. The van der Waals surface area contributed by atoms with Crippen molar-refractivity contribution in [2.24, 2.45) is 0 Å². The molecule has 0 aliphatic carbocycles. The van der Waals surface area contributed by atoms with E-state index < -0.39 is 12.1 Å². The Bertz CT molecular complexity index is 481. The highest BCUT2D eigenvalue weighted by atomic mass is 79.9. The summed E-state index contributed by atoms with van der Waals surface area (Å²) in [6.07, 6.45) is -0.678. The van der Waals surface area contributed by atoms with Gasteiger partial charge >= 0.3 is 5.97 Å². The lowest BCUT2D eigenvalue weighted by Gasteiger charge is -2.16. The fourth-order valence-electron chi connectivity index (χ4n) is 1.34. The highest BCUT2D eigenvalue weighted by molar-refractivity contribution is 9.11. The largest absolute Gasteiger partial charge is 0.479 e. The third-order valence-corrected chi connectivity index (χ3v) is 3.44. The molecule has 19 heavy (non-hydrogen) atoms. The number of ether oxygens (including phenoxy) is 1. The summed E-state index contributed by atoms with van der Waals surface area (Å²) in [5.74, 6) is -0.878. The van der Waals surface area contributed by atoms with E-state index in [1.54, 1.807) is 6.92 Å². The van der Waals surface area contributed by atoms with Gasteiger partial charge in [-0.2, -0.15) is 0 Å². The molecule has 0 aliphatic rings. The third kappa shape index (κ3) is 4.21. The molecule has 0 radical (unpaired) electrons. The van der Waals surface area contributed by atoms with Crippen molar-refractivity contribution in [2.75, 3.05) is 6.54 Å². The Kier molecular flexibility index (Phi) is 5.81. The second-order valence-electron chi connectivity index (χ2n) is 3.73. The van der Waals surface area contributed by atoms with Crippen LogP contribution in [0, 0.1) is 0 Å². The highest BCUT2D eigenvalue weighted by Gasteiger charge is 2.18. The van der Waals surface area contributed by atoms with Crippen molar-refractivity contribution in [2.45, 2.75) is 20.0 Å². The van der Waals surface area contributed by atoms with Crippen LogP contribution in [0.2, 0.25) is 0 Å². The Morgan fingerprint density at radius 2 is 1.89 bits per heavy atom. The lowest BCUT2D eigenvalue weighted by Crippen LogP contribution is -2.36. The number of carbonyl (C=O) groups excluding carboxylic acids is 1. The van der Waals surface area contributed by atoms with Gasteiger partial charge in [0.1, 0.15) is 5.75 Å². The van der Waals surface area contributed by atoms with Crippen LogP contribution in [0.15, 0.2) is 21.1 Å². The Hall–Kier alpha value is -1.08. The molecule has 1 atom stereocenters. The number of carboxylic acids is 1.